The Morgan fingerprint density at radius 1 is 0.231 bits per heavy atom. The third-order valence-corrected chi connectivity index (χ3v) is 21.7. The molecule has 0 rings (SSSR count). The second-order valence-corrected chi connectivity index (χ2v) is 34.3. The zero-order valence-corrected chi connectivity index (χ0v) is 77.9. The largest absolute Gasteiger partial charge is 0.472 e. The number of aliphatic hydroxyl groups excluding tert-OH is 2. The summed E-state index contributed by atoms with van der Waals surface area (Å²) >= 11 is 0. The summed E-state index contributed by atoms with van der Waals surface area (Å²) in [7, 11) is -9.83. The van der Waals surface area contributed by atoms with E-state index in [1.807, 2.05) is 12.2 Å². The summed E-state index contributed by atoms with van der Waals surface area (Å²) in [6.45, 7) is 2.31. The van der Waals surface area contributed by atoms with Gasteiger partial charge in [0, 0.05) is 19.3 Å². The van der Waals surface area contributed by atoms with E-state index in [0.29, 0.717) is 25.7 Å². The molecule has 0 bridgehead atoms. The number of phosphoric acid groups is 2. The molecule has 0 saturated carbocycles. The van der Waals surface area contributed by atoms with E-state index in [1.165, 1.54) is 161 Å². The van der Waals surface area contributed by atoms with Crippen LogP contribution in [-0.4, -0.2) is 95.9 Å². The van der Waals surface area contributed by atoms with Gasteiger partial charge in [-0.05, 0) is 154 Å². The summed E-state index contributed by atoms with van der Waals surface area (Å²) in [5.41, 5.74) is 0. The number of rotatable bonds is 89. The predicted octanol–water partition coefficient (Wildman–Crippen LogP) is 29.8. The zero-order valence-electron chi connectivity index (χ0n) is 76.1. The van der Waals surface area contributed by atoms with Crippen LogP contribution in [0.2, 0.25) is 0 Å². The Morgan fingerprint density at radius 3 is 0.678 bits per heavy atom. The second kappa shape index (κ2) is 93.5. The lowest BCUT2D eigenvalue weighted by Crippen LogP contribution is -2.30. The topological polar surface area (TPSA) is 231 Å². The first-order chi connectivity index (χ1) is 59.2. The fraction of sp³-hybridized carbons (Fsp3) is 0.660. The van der Waals surface area contributed by atoms with Crippen molar-refractivity contribution in [2.24, 2.45) is 0 Å². The van der Waals surface area contributed by atoms with E-state index in [2.05, 4.69) is 203 Å². The molecule has 0 spiro atoms. The van der Waals surface area contributed by atoms with Gasteiger partial charge < -0.3 is 34.2 Å². The molecule has 0 amide bonds. The second-order valence-electron chi connectivity index (χ2n) is 31.4. The average molecular weight is 1730 g/mol. The SMILES string of the molecule is CC/C=C\C/C=C\C/C=C\C/C=C\C/C=C\C/C=C\CCCCCCCCCCCCCCCCC(=O)OCC(COP(=O)(O)OCC(O)COP(=O)(O)OCC(O)COC(=O)CCCCCCCCCCCCCCCCCCCCC/C=C\C/C=C\C/C=C\C/C=C\C/C=C\CC)OC(=O)CCC/C=C\C/C=C\C/C=C\C/C=C\C/C=C\CC. The van der Waals surface area contributed by atoms with Crippen LogP contribution in [0.3, 0.4) is 0 Å². The molecule has 121 heavy (non-hydrogen) atoms. The number of hydrogen-bond donors (Lipinski definition) is 4. The first-order valence-corrected chi connectivity index (χ1v) is 50.7. The van der Waals surface area contributed by atoms with Crippen molar-refractivity contribution < 1.29 is 75.8 Å². The number of carbonyl (C=O) groups excluding carboxylic acids is 3. The van der Waals surface area contributed by atoms with Crippen LogP contribution in [0.1, 0.15) is 380 Å². The van der Waals surface area contributed by atoms with Crippen molar-refractivity contribution in [3.8, 4) is 0 Å². The fourth-order valence-electron chi connectivity index (χ4n) is 12.7. The Balaban J connectivity index is 4.49. The van der Waals surface area contributed by atoms with Crippen molar-refractivity contribution in [2.45, 2.75) is 399 Å². The van der Waals surface area contributed by atoms with Gasteiger partial charge in [0.15, 0.2) is 6.10 Å². The van der Waals surface area contributed by atoms with Gasteiger partial charge in [0.05, 0.1) is 26.4 Å². The van der Waals surface area contributed by atoms with E-state index in [9.17, 15) is 43.5 Å². The highest BCUT2D eigenvalue weighted by atomic mass is 31.2. The van der Waals surface area contributed by atoms with Gasteiger partial charge in [-0.2, -0.15) is 0 Å². The molecule has 0 aliphatic heterocycles. The Hall–Kier alpha value is -5.61. The Labute approximate surface area is 737 Å². The van der Waals surface area contributed by atoms with E-state index in [1.54, 1.807) is 0 Å². The predicted molar refractivity (Wildman–Crippen MR) is 509 cm³/mol. The number of ether oxygens (including phenoxy) is 3. The lowest BCUT2D eigenvalue weighted by molar-refractivity contribution is -0.161. The number of allylic oxidation sites excluding steroid dienone is 32. The van der Waals surface area contributed by atoms with Crippen molar-refractivity contribution >= 4 is 33.6 Å². The van der Waals surface area contributed by atoms with Crippen molar-refractivity contribution in [3.63, 3.8) is 0 Å². The summed E-state index contributed by atoms with van der Waals surface area (Å²) in [5, 5.41) is 20.7. The summed E-state index contributed by atoms with van der Waals surface area (Å²) in [6, 6.07) is 0. The minimum absolute atomic E-state index is 0.0218. The van der Waals surface area contributed by atoms with Crippen molar-refractivity contribution in [1.29, 1.82) is 0 Å². The van der Waals surface area contributed by atoms with E-state index in [0.717, 1.165) is 154 Å². The molecule has 0 aliphatic carbocycles. The maximum Gasteiger partial charge on any atom is 0.472 e. The van der Waals surface area contributed by atoms with E-state index in [4.69, 9.17) is 32.3 Å². The Morgan fingerprint density at radius 2 is 0.421 bits per heavy atom. The highest BCUT2D eigenvalue weighted by molar-refractivity contribution is 7.47. The molecular weight excluding hydrogens is 1560 g/mol. The maximum absolute atomic E-state index is 13.0. The van der Waals surface area contributed by atoms with Gasteiger partial charge in [0.1, 0.15) is 25.4 Å². The van der Waals surface area contributed by atoms with Gasteiger partial charge in [-0.15, -0.1) is 0 Å². The highest BCUT2D eigenvalue weighted by Crippen LogP contribution is 2.45. The van der Waals surface area contributed by atoms with Crippen LogP contribution in [-0.2, 0) is 55.8 Å². The highest BCUT2D eigenvalue weighted by Gasteiger charge is 2.29. The van der Waals surface area contributed by atoms with Gasteiger partial charge in [0.2, 0.25) is 0 Å². The van der Waals surface area contributed by atoms with E-state index in [-0.39, 0.29) is 19.3 Å². The zero-order chi connectivity index (χ0) is 87.9. The van der Waals surface area contributed by atoms with Crippen molar-refractivity contribution in [3.05, 3.63) is 194 Å². The smallest absolute Gasteiger partial charge is 0.463 e. The molecule has 5 unspecified atom stereocenters. The van der Waals surface area contributed by atoms with Crippen molar-refractivity contribution in [2.75, 3.05) is 39.6 Å². The van der Waals surface area contributed by atoms with Crippen LogP contribution >= 0.6 is 15.6 Å². The molecule has 0 heterocycles. The third kappa shape index (κ3) is 94.9. The van der Waals surface area contributed by atoms with E-state index < -0.39 is 91.5 Å². The average Bonchev–Trinajstić information content (AvgIpc) is 0.964. The molecule has 0 aromatic heterocycles. The lowest BCUT2D eigenvalue weighted by atomic mass is 10.0. The first kappa shape index (κ1) is 115. The van der Waals surface area contributed by atoms with Crippen LogP contribution in [0, 0.1) is 0 Å². The summed E-state index contributed by atoms with van der Waals surface area (Å²) in [6.07, 6.45) is 125. The molecule has 0 aromatic rings. The summed E-state index contributed by atoms with van der Waals surface area (Å²) in [4.78, 5) is 59.0. The fourth-order valence-corrected chi connectivity index (χ4v) is 14.3. The molecule has 5 atom stereocenters. The molecule has 0 aromatic carbocycles. The maximum atomic E-state index is 13.0. The summed E-state index contributed by atoms with van der Waals surface area (Å²) < 4.78 is 61.4. The molecule has 690 valence electrons. The van der Waals surface area contributed by atoms with Crippen molar-refractivity contribution in [1.82, 2.24) is 0 Å². The molecule has 18 heteroatoms. The van der Waals surface area contributed by atoms with Gasteiger partial charge in [-0.1, -0.05) is 401 Å². The Kier molecular flexibility index (Phi) is 89.2. The van der Waals surface area contributed by atoms with Crippen LogP contribution < -0.4 is 0 Å². The molecule has 0 radical (unpaired) electrons. The molecule has 0 aliphatic rings. The molecule has 0 fully saturated rings. The molecular formula is C103H172O16P2. The molecule has 0 saturated heterocycles. The Bertz CT molecular complexity index is 2980. The number of hydrogen-bond acceptors (Lipinski definition) is 14. The van der Waals surface area contributed by atoms with Crippen LogP contribution in [0.5, 0.6) is 0 Å². The number of aliphatic hydroxyl groups is 2. The van der Waals surface area contributed by atoms with Gasteiger partial charge in [-0.25, -0.2) is 9.13 Å². The minimum atomic E-state index is -4.96. The quantitative estimate of drug-likeness (QED) is 0.0146. The number of unbranched alkanes of at least 4 members (excludes halogenated alkanes) is 34. The van der Waals surface area contributed by atoms with Gasteiger partial charge >= 0.3 is 33.6 Å². The molecule has 16 nitrogen and oxygen atoms in total. The number of phosphoric ester groups is 2. The first-order valence-electron chi connectivity index (χ1n) is 47.7. The third-order valence-electron chi connectivity index (χ3n) is 19.8. The van der Waals surface area contributed by atoms with E-state index >= 15 is 0 Å². The van der Waals surface area contributed by atoms with Gasteiger partial charge in [0.25, 0.3) is 0 Å². The van der Waals surface area contributed by atoms with Gasteiger partial charge in [-0.3, -0.25) is 32.5 Å². The van der Waals surface area contributed by atoms with Crippen LogP contribution in [0.15, 0.2) is 194 Å². The number of carbonyl (C=O) groups is 3. The minimum Gasteiger partial charge on any atom is -0.463 e. The standard InChI is InChI=1S/C103H172O16P2/c1-4-7-10-13-16-19-22-25-28-31-33-35-37-39-41-43-45-47-48-50-52-53-55-57-59-61-63-66-68-71-74-77-80-83-86-89-101(106)113-92-98(104)93-115-120(109,110)116-94-99(105)95-117-121(111,112)118-97-100(119-103(108)91-88-85-82-79-76-73-70-65-30-27-24-21-18-15-12-9-6-3)96-114-102(107)90-87-84-81-78-75-72-69-67-64-62-60-58-56-54-51-49-46-44-42-40-38-36-34-32-29-26-23-20-17-14-11-8-5-2/h7-12,16-21,25-30,33-36,39-42,46,49,70,73,79,82,98-100,104-105H,4-6,13-15,22-24,31-32,37-38,43-45,47-48,50-69,71-72,74-78,80-81,83-97H2,1-3H3,(H,109,110)(H,111,112)/b10-7-,11-8-,12-9-,19-16-,20-17-,21-18-,28-25-,29-26-,30-27-,35-33-,36-34-,41-39-,42-40-,49-46-,73-70-,82-79-. The lowest BCUT2D eigenvalue weighted by Gasteiger charge is -2.21. The number of esters is 3. The monoisotopic (exact) mass is 1730 g/mol. The van der Waals surface area contributed by atoms with Crippen LogP contribution in [0.4, 0.5) is 0 Å². The molecule has 4 N–H and O–H groups in total. The normalized spacial score (nSPS) is 14.6. The van der Waals surface area contributed by atoms with Crippen LogP contribution in [0.25, 0.3) is 0 Å². The summed E-state index contributed by atoms with van der Waals surface area (Å²) in [5.74, 6) is -1.64.